The molecule has 17 heavy (non-hydrogen) atoms. The molecule has 1 aromatic heterocycles. The summed E-state index contributed by atoms with van der Waals surface area (Å²) < 4.78 is 48.0. The quantitative estimate of drug-likeness (QED) is 0.759. The maximum atomic E-state index is 12.2. The normalized spacial score (nSPS) is 21.5. The zero-order valence-electron chi connectivity index (χ0n) is 9.25. The highest BCUT2D eigenvalue weighted by Gasteiger charge is 2.32. The number of aromatic amines is 1. The second-order valence-corrected chi connectivity index (χ2v) is 8.13. The number of nitrogens with zero attached hydrogens (tertiary/aromatic N) is 2. The molecule has 9 heteroatoms. The summed E-state index contributed by atoms with van der Waals surface area (Å²) in [6.45, 7) is 1.63. The molecular formula is C8H13N3O4S2. The zero-order valence-corrected chi connectivity index (χ0v) is 10.9. The zero-order chi connectivity index (χ0) is 12.7. The predicted octanol–water partition coefficient (Wildman–Crippen LogP) is -0.863. The van der Waals surface area contributed by atoms with Crippen LogP contribution in [0.1, 0.15) is 5.69 Å². The highest BCUT2D eigenvalue weighted by atomic mass is 32.2. The summed E-state index contributed by atoms with van der Waals surface area (Å²) in [5.41, 5.74) is 0.457. The fraction of sp³-hybridized carbons (Fsp3) is 0.625. The molecule has 1 saturated heterocycles. The molecule has 7 nitrogen and oxygen atoms in total. The molecule has 96 valence electrons. The Morgan fingerprint density at radius 1 is 1.35 bits per heavy atom. The minimum Gasteiger partial charge on any atom is -0.281 e. The van der Waals surface area contributed by atoms with Crippen LogP contribution in [0.5, 0.6) is 0 Å². The van der Waals surface area contributed by atoms with E-state index in [1.165, 1.54) is 10.5 Å². The smallest absolute Gasteiger partial charge is 0.246 e. The summed E-state index contributed by atoms with van der Waals surface area (Å²) in [4.78, 5) is 0.108. The van der Waals surface area contributed by atoms with Crippen LogP contribution in [0.25, 0.3) is 0 Å². The van der Waals surface area contributed by atoms with Gasteiger partial charge in [-0.1, -0.05) is 0 Å². The van der Waals surface area contributed by atoms with Gasteiger partial charge in [-0.05, 0) is 6.92 Å². The fourth-order valence-corrected chi connectivity index (χ4v) is 4.67. The van der Waals surface area contributed by atoms with E-state index in [-0.39, 0.29) is 29.5 Å². The first-order valence-electron chi connectivity index (χ1n) is 5.03. The molecule has 0 atom stereocenters. The van der Waals surface area contributed by atoms with Crippen molar-refractivity contribution in [3.05, 3.63) is 11.9 Å². The van der Waals surface area contributed by atoms with Crippen molar-refractivity contribution in [2.24, 2.45) is 0 Å². The molecule has 0 spiro atoms. The van der Waals surface area contributed by atoms with Crippen molar-refractivity contribution >= 4 is 19.9 Å². The number of hydrogen-bond donors (Lipinski definition) is 1. The Kier molecular flexibility index (Phi) is 3.00. The van der Waals surface area contributed by atoms with Crippen molar-refractivity contribution in [1.82, 2.24) is 14.5 Å². The number of rotatable bonds is 2. The third-order valence-electron chi connectivity index (χ3n) is 2.70. The lowest BCUT2D eigenvalue weighted by atomic mass is 10.5. The Morgan fingerprint density at radius 3 is 2.41 bits per heavy atom. The summed E-state index contributed by atoms with van der Waals surface area (Å²) in [6.07, 6.45) is 1.24. The van der Waals surface area contributed by atoms with Gasteiger partial charge >= 0.3 is 0 Å². The molecule has 1 aliphatic heterocycles. The largest absolute Gasteiger partial charge is 0.281 e. The van der Waals surface area contributed by atoms with E-state index in [9.17, 15) is 16.8 Å². The molecule has 0 aliphatic carbocycles. The molecule has 0 bridgehead atoms. The number of sulfone groups is 1. The van der Waals surface area contributed by atoms with Crippen molar-refractivity contribution < 1.29 is 16.8 Å². The Morgan fingerprint density at radius 2 is 1.94 bits per heavy atom. The van der Waals surface area contributed by atoms with Crippen LogP contribution in [0, 0.1) is 6.92 Å². The fourth-order valence-electron chi connectivity index (χ4n) is 1.67. The van der Waals surface area contributed by atoms with E-state index in [0.717, 1.165) is 0 Å². The van der Waals surface area contributed by atoms with E-state index in [1.807, 2.05) is 0 Å². The third-order valence-corrected chi connectivity index (χ3v) is 6.33. The van der Waals surface area contributed by atoms with Gasteiger partial charge in [-0.15, -0.1) is 0 Å². The third kappa shape index (κ3) is 2.35. The van der Waals surface area contributed by atoms with Crippen LogP contribution >= 0.6 is 0 Å². The van der Waals surface area contributed by atoms with Gasteiger partial charge in [-0.25, -0.2) is 16.8 Å². The molecule has 1 aliphatic rings. The topological polar surface area (TPSA) is 100 Å². The van der Waals surface area contributed by atoms with Crippen LogP contribution in [-0.2, 0) is 19.9 Å². The molecule has 1 aromatic rings. The van der Waals surface area contributed by atoms with E-state index in [1.54, 1.807) is 6.92 Å². The number of H-pyrrole nitrogens is 1. The summed E-state index contributed by atoms with van der Waals surface area (Å²) >= 11 is 0. The van der Waals surface area contributed by atoms with Crippen LogP contribution in [0.2, 0.25) is 0 Å². The van der Waals surface area contributed by atoms with Crippen LogP contribution in [-0.4, -0.2) is 55.9 Å². The van der Waals surface area contributed by atoms with Crippen molar-refractivity contribution in [3.8, 4) is 0 Å². The Labute approximate surface area is 99.8 Å². The van der Waals surface area contributed by atoms with Crippen molar-refractivity contribution in [2.45, 2.75) is 11.8 Å². The minimum atomic E-state index is -3.62. The molecule has 0 saturated carbocycles. The predicted molar refractivity (Wildman–Crippen MR) is 60.7 cm³/mol. The molecule has 1 fully saturated rings. The van der Waals surface area contributed by atoms with Gasteiger partial charge in [0.2, 0.25) is 10.0 Å². The first-order valence-corrected chi connectivity index (χ1v) is 8.30. The van der Waals surface area contributed by atoms with Gasteiger partial charge in [0.05, 0.1) is 23.4 Å². The summed E-state index contributed by atoms with van der Waals surface area (Å²) in [5.74, 6) is -0.244. The molecule has 0 radical (unpaired) electrons. The maximum Gasteiger partial charge on any atom is 0.246 e. The van der Waals surface area contributed by atoms with Crippen molar-refractivity contribution in [2.75, 3.05) is 24.6 Å². The monoisotopic (exact) mass is 279 g/mol. The first-order chi connectivity index (χ1) is 7.83. The molecule has 0 aromatic carbocycles. The van der Waals surface area contributed by atoms with E-state index in [4.69, 9.17) is 0 Å². The molecule has 1 N–H and O–H groups in total. The lowest BCUT2D eigenvalue weighted by molar-refractivity contribution is 0.430. The SMILES string of the molecule is Cc1[nH]ncc1S(=O)(=O)N1CCS(=O)(=O)CC1. The van der Waals surface area contributed by atoms with Gasteiger partial charge in [-0.3, -0.25) is 5.10 Å². The highest BCUT2D eigenvalue weighted by Crippen LogP contribution is 2.19. The summed E-state index contributed by atoms with van der Waals surface area (Å²) in [6, 6.07) is 0. The molecule has 2 heterocycles. The number of hydrogen-bond acceptors (Lipinski definition) is 5. The molecule has 2 rings (SSSR count). The average Bonchev–Trinajstić information content (AvgIpc) is 2.64. The van der Waals surface area contributed by atoms with Gasteiger partial charge in [0.25, 0.3) is 0 Å². The second-order valence-electron chi connectivity index (χ2n) is 3.92. The number of nitrogens with one attached hydrogen (secondary N) is 1. The molecular weight excluding hydrogens is 266 g/mol. The molecule has 0 unspecified atom stereocenters. The van der Waals surface area contributed by atoms with E-state index < -0.39 is 19.9 Å². The van der Waals surface area contributed by atoms with E-state index in [0.29, 0.717) is 5.69 Å². The van der Waals surface area contributed by atoms with Gasteiger partial charge in [0.15, 0.2) is 9.84 Å². The van der Waals surface area contributed by atoms with Crippen LogP contribution < -0.4 is 0 Å². The minimum absolute atomic E-state index is 0.00921. The van der Waals surface area contributed by atoms with Crippen LogP contribution in [0.3, 0.4) is 0 Å². The van der Waals surface area contributed by atoms with Crippen LogP contribution in [0.15, 0.2) is 11.1 Å². The van der Waals surface area contributed by atoms with E-state index >= 15 is 0 Å². The van der Waals surface area contributed by atoms with Gasteiger partial charge in [0, 0.05) is 13.1 Å². The van der Waals surface area contributed by atoms with Crippen molar-refractivity contribution in [3.63, 3.8) is 0 Å². The van der Waals surface area contributed by atoms with Gasteiger partial charge < -0.3 is 0 Å². The standard InChI is InChI=1S/C8H13N3O4S2/c1-7-8(6-9-10-7)17(14,15)11-2-4-16(12,13)5-3-11/h6H,2-5H2,1H3,(H,9,10). The Balaban J connectivity index is 2.27. The number of aromatic nitrogens is 2. The first kappa shape index (κ1) is 12.5. The lowest BCUT2D eigenvalue weighted by Gasteiger charge is -2.25. The Hall–Kier alpha value is -0.930. The lowest BCUT2D eigenvalue weighted by Crippen LogP contribution is -2.43. The maximum absolute atomic E-state index is 12.2. The number of sulfonamides is 1. The molecule has 0 amide bonds. The Bertz CT molecular complexity index is 603. The number of aryl methyl sites for hydroxylation is 1. The average molecular weight is 279 g/mol. The van der Waals surface area contributed by atoms with E-state index in [2.05, 4.69) is 10.2 Å². The summed E-state index contributed by atoms with van der Waals surface area (Å²) in [5, 5.41) is 6.22. The highest BCUT2D eigenvalue weighted by molar-refractivity contribution is 7.92. The second kappa shape index (κ2) is 4.07. The van der Waals surface area contributed by atoms with Gasteiger partial charge in [-0.2, -0.15) is 9.40 Å². The van der Waals surface area contributed by atoms with Crippen molar-refractivity contribution in [1.29, 1.82) is 0 Å². The van der Waals surface area contributed by atoms with Crippen LogP contribution in [0.4, 0.5) is 0 Å². The van der Waals surface area contributed by atoms with Gasteiger partial charge in [0.1, 0.15) is 4.90 Å². The summed E-state index contributed by atoms with van der Waals surface area (Å²) in [7, 11) is -6.71.